The molecule has 0 aliphatic carbocycles. The van der Waals surface area contributed by atoms with Gasteiger partial charge in [0.15, 0.2) is 29.7 Å². The molecule has 0 fully saturated rings. The fourth-order valence-electron chi connectivity index (χ4n) is 3.80. The number of para-hydroxylation sites is 1. The Balaban J connectivity index is 1.32. The second kappa shape index (κ2) is 10.3. The number of anilines is 3. The van der Waals surface area contributed by atoms with Crippen molar-refractivity contribution in [2.45, 2.75) is 13.5 Å². The molecule has 0 unspecified atom stereocenters. The summed E-state index contributed by atoms with van der Waals surface area (Å²) in [5.74, 6) is 0.372. The summed E-state index contributed by atoms with van der Waals surface area (Å²) in [6.45, 7) is 2.53. The number of nitrogens with zero attached hydrogens (tertiary/aromatic N) is 3. The molecule has 3 aromatic carbocycles. The van der Waals surface area contributed by atoms with E-state index in [1.165, 1.54) is 6.07 Å². The Labute approximate surface area is 212 Å². The van der Waals surface area contributed by atoms with E-state index >= 15 is 0 Å². The molecule has 0 spiro atoms. The number of aromatic nitrogens is 3. The zero-order valence-electron chi connectivity index (χ0n) is 19.9. The Morgan fingerprint density at radius 1 is 0.919 bits per heavy atom. The average molecular weight is 498 g/mol. The first kappa shape index (κ1) is 23.7. The van der Waals surface area contributed by atoms with Gasteiger partial charge in [0, 0.05) is 16.8 Å². The van der Waals surface area contributed by atoms with E-state index in [1.54, 1.807) is 36.4 Å². The summed E-state index contributed by atoms with van der Waals surface area (Å²) in [7, 11) is 0. The first-order valence-electron chi connectivity index (χ1n) is 11.5. The highest BCUT2D eigenvalue weighted by atomic mass is 16.6. The van der Waals surface area contributed by atoms with Crippen LogP contribution < -0.4 is 20.5 Å². The van der Waals surface area contributed by atoms with Gasteiger partial charge in [0.05, 0.1) is 5.56 Å². The van der Waals surface area contributed by atoms with Crippen LogP contribution in [0, 0.1) is 6.92 Å². The van der Waals surface area contributed by atoms with Crippen LogP contribution in [0.25, 0.3) is 0 Å². The number of nitrogens with one attached hydrogen (secondary N) is 1. The number of aryl methyl sites for hydroxylation is 1. The van der Waals surface area contributed by atoms with E-state index in [-0.39, 0.29) is 41.2 Å². The van der Waals surface area contributed by atoms with Crippen molar-refractivity contribution in [1.82, 2.24) is 15.0 Å². The maximum atomic E-state index is 13.3. The third kappa shape index (κ3) is 5.32. The molecule has 0 atom stereocenters. The first-order chi connectivity index (χ1) is 18.0. The molecule has 1 aliphatic heterocycles. The fraction of sp³-hybridized carbons (Fsp3) is 0.148. The maximum absolute atomic E-state index is 13.3. The topological polar surface area (TPSA) is 139 Å². The smallest absolute Gasteiger partial charge is 0.339 e. The molecule has 5 rings (SSSR count). The van der Waals surface area contributed by atoms with E-state index in [0.717, 1.165) is 11.3 Å². The van der Waals surface area contributed by atoms with Gasteiger partial charge in [0.2, 0.25) is 11.9 Å². The van der Waals surface area contributed by atoms with Gasteiger partial charge in [0.1, 0.15) is 13.2 Å². The number of benzene rings is 3. The molecule has 1 aliphatic rings. The van der Waals surface area contributed by atoms with Crippen LogP contribution in [0.3, 0.4) is 0 Å². The van der Waals surface area contributed by atoms with E-state index in [4.69, 9.17) is 19.9 Å². The van der Waals surface area contributed by atoms with Crippen molar-refractivity contribution < 1.29 is 23.8 Å². The third-order valence-corrected chi connectivity index (χ3v) is 5.62. The van der Waals surface area contributed by atoms with Crippen LogP contribution in [-0.2, 0) is 11.3 Å². The molecular formula is C27H23N5O5. The molecule has 0 saturated heterocycles. The molecule has 2 heterocycles. The van der Waals surface area contributed by atoms with Gasteiger partial charge in [-0.1, -0.05) is 36.4 Å². The van der Waals surface area contributed by atoms with Gasteiger partial charge >= 0.3 is 5.97 Å². The molecule has 4 aromatic rings. The molecule has 0 amide bonds. The highest BCUT2D eigenvalue weighted by Crippen LogP contribution is 2.32. The molecule has 10 heteroatoms. The summed E-state index contributed by atoms with van der Waals surface area (Å²) in [4.78, 5) is 38.7. The van der Waals surface area contributed by atoms with Crippen LogP contribution in [0.15, 0.2) is 66.7 Å². The number of ketones is 1. The van der Waals surface area contributed by atoms with Crippen LogP contribution in [0.4, 0.5) is 17.6 Å². The normalized spacial score (nSPS) is 12.0. The number of hydrogen-bond acceptors (Lipinski definition) is 10. The summed E-state index contributed by atoms with van der Waals surface area (Å²) < 4.78 is 16.5. The quantitative estimate of drug-likeness (QED) is 0.286. The molecule has 3 N–H and O–H groups in total. The van der Waals surface area contributed by atoms with E-state index < -0.39 is 5.97 Å². The second-order valence-corrected chi connectivity index (χ2v) is 8.18. The number of carbonyl (C=O) groups is 2. The van der Waals surface area contributed by atoms with Crippen LogP contribution >= 0.6 is 0 Å². The van der Waals surface area contributed by atoms with Crippen molar-refractivity contribution >= 4 is 29.3 Å². The van der Waals surface area contributed by atoms with Crippen LogP contribution in [0.1, 0.15) is 37.7 Å². The molecule has 0 radical (unpaired) electrons. The van der Waals surface area contributed by atoms with Crippen LogP contribution in [0.5, 0.6) is 11.5 Å². The SMILES string of the molecule is Cc1ccccc1Nc1nc(N)nc(COC(=O)c2ccccc2C(=O)c2ccc3c(c2)OCCO3)n1. The number of carbonyl (C=O) groups excluding carboxylic acids is 2. The molecule has 37 heavy (non-hydrogen) atoms. The van der Waals surface area contributed by atoms with Crippen LogP contribution in [0.2, 0.25) is 0 Å². The fourth-order valence-corrected chi connectivity index (χ4v) is 3.80. The monoisotopic (exact) mass is 497 g/mol. The van der Waals surface area contributed by atoms with Gasteiger partial charge < -0.3 is 25.3 Å². The zero-order valence-corrected chi connectivity index (χ0v) is 19.9. The van der Waals surface area contributed by atoms with E-state index in [0.29, 0.717) is 30.3 Å². The number of hydrogen-bond donors (Lipinski definition) is 2. The van der Waals surface area contributed by atoms with Crippen molar-refractivity contribution in [3.8, 4) is 11.5 Å². The molecule has 1 aromatic heterocycles. The van der Waals surface area contributed by atoms with Crippen molar-refractivity contribution in [3.05, 3.63) is 94.8 Å². The maximum Gasteiger partial charge on any atom is 0.339 e. The lowest BCUT2D eigenvalue weighted by molar-refractivity contribution is 0.0459. The van der Waals surface area contributed by atoms with Crippen molar-refractivity contribution in [2.24, 2.45) is 0 Å². The Kier molecular flexibility index (Phi) is 6.62. The standard InChI is InChI=1S/C27H23N5O5/c1-16-6-2-5-9-20(16)29-27-31-23(30-26(28)32-27)15-37-25(34)19-8-4-3-7-18(19)24(33)17-10-11-21-22(14-17)36-13-12-35-21/h2-11,14H,12-13,15H2,1H3,(H3,28,29,30,31,32). The molecule has 186 valence electrons. The number of nitrogen functional groups attached to an aromatic ring is 1. The summed E-state index contributed by atoms with van der Waals surface area (Å²) in [6.07, 6.45) is 0. The minimum Gasteiger partial charge on any atom is -0.486 e. The highest BCUT2D eigenvalue weighted by Gasteiger charge is 2.22. The number of fused-ring (bicyclic) bond motifs is 1. The van der Waals surface area contributed by atoms with Gasteiger partial charge in [-0.25, -0.2) is 4.79 Å². The Morgan fingerprint density at radius 3 is 2.46 bits per heavy atom. The minimum atomic E-state index is -0.700. The third-order valence-electron chi connectivity index (χ3n) is 5.62. The van der Waals surface area contributed by atoms with Gasteiger partial charge in [-0.2, -0.15) is 15.0 Å². The largest absolute Gasteiger partial charge is 0.486 e. The summed E-state index contributed by atoms with van der Waals surface area (Å²) in [5, 5.41) is 3.09. The highest BCUT2D eigenvalue weighted by molar-refractivity contribution is 6.14. The summed E-state index contributed by atoms with van der Waals surface area (Å²) in [5.41, 5.74) is 8.31. The number of esters is 1. The number of rotatable bonds is 7. The first-order valence-corrected chi connectivity index (χ1v) is 11.5. The van der Waals surface area contributed by atoms with Gasteiger partial charge in [0.25, 0.3) is 0 Å². The van der Waals surface area contributed by atoms with Crippen LogP contribution in [-0.4, -0.2) is 39.9 Å². The lowest BCUT2D eigenvalue weighted by Gasteiger charge is -2.18. The number of ether oxygens (including phenoxy) is 3. The summed E-state index contributed by atoms with van der Waals surface area (Å²) in [6, 6.07) is 19.0. The lowest BCUT2D eigenvalue weighted by Crippen LogP contribution is -2.17. The average Bonchev–Trinajstić information content (AvgIpc) is 2.92. The predicted molar refractivity (Wildman–Crippen MR) is 135 cm³/mol. The van der Waals surface area contributed by atoms with E-state index in [2.05, 4.69) is 20.3 Å². The Morgan fingerprint density at radius 2 is 1.65 bits per heavy atom. The molecule has 0 bridgehead atoms. The van der Waals surface area contributed by atoms with Crippen molar-refractivity contribution in [2.75, 3.05) is 24.3 Å². The molecular weight excluding hydrogens is 474 g/mol. The Bertz CT molecular complexity index is 1490. The number of nitrogens with two attached hydrogens (primary N) is 1. The van der Waals surface area contributed by atoms with E-state index in [9.17, 15) is 9.59 Å². The van der Waals surface area contributed by atoms with E-state index in [1.807, 2.05) is 31.2 Å². The molecule has 0 saturated carbocycles. The van der Waals surface area contributed by atoms with Gasteiger partial charge in [-0.3, -0.25) is 4.79 Å². The van der Waals surface area contributed by atoms with Gasteiger partial charge in [-0.15, -0.1) is 0 Å². The van der Waals surface area contributed by atoms with Crippen molar-refractivity contribution in [1.29, 1.82) is 0 Å². The van der Waals surface area contributed by atoms with Gasteiger partial charge in [-0.05, 0) is 42.8 Å². The second-order valence-electron chi connectivity index (χ2n) is 8.18. The zero-order chi connectivity index (χ0) is 25.8. The molecule has 10 nitrogen and oxygen atoms in total. The predicted octanol–water partition coefficient (Wildman–Crippen LogP) is 3.87. The van der Waals surface area contributed by atoms with Crippen molar-refractivity contribution in [3.63, 3.8) is 0 Å². The lowest BCUT2D eigenvalue weighted by atomic mass is 9.98. The Hall–Kier alpha value is -4.99. The minimum absolute atomic E-state index is 0.0219. The summed E-state index contributed by atoms with van der Waals surface area (Å²) >= 11 is 0.